The molecule has 2 aromatic carbocycles. The van der Waals surface area contributed by atoms with E-state index in [1.807, 2.05) is 0 Å². The second kappa shape index (κ2) is 11.1. The lowest BCUT2D eigenvalue weighted by atomic mass is 10.0. The molecule has 2 amide bonds. The Morgan fingerprint density at radius 3 is 2.54 bits per heavy atom. The molecule has 0 unspecified atom stereocenters. The molecule has 0 bridgehead atoms. The van der Waals surface area contributed by atoms with Gasteiger partial charge in [-0.05, 0) is 48.0 Å². The van der Waals surface area contributed by atoms with Crippen LogP contribution in [0.15, 0.2) is 60.3 Å². The minimum absolute atomic E-state index is 0. The number of nitrogens with zero attached hydrogens (tertiary/aromatic N) is 1. The first-order valence-corrected chi connectivity index (χ1v) is 10.7. The first-order chi connectivity index (χ1) is 17.2. The molecule has 0 saturated heterocycles. The van der Waals surface area contributed by atoms with Gasteiger partial charge in [0.05, 0.1) is 11.1 Å². The Kier molecular flexibility index (Phi) is 8.18. The lowest BCUT2D eigenvalue weighted by Gasteiger charge is -2.19. The van der Waals surface area contributed by atoms with Gasteiger partial charge in [0.2, 0.25) is 0 Å². The zero-order valence-electron chi connectivity index (χ0n) is 19.0. The number of fused-ring (bicyclic) bond motifs is 1. The fraction of sp³-hybridized carbons (Fsp3) is 0.192. The minimum Gasteiger partial charge on any atom is -0.488 e. The molecule has 1 aliphatic heterocycles. The number of amides is 2. The predicted octanol–water partition coefficient (Wildman–Crippen LogP) is 4.76. The molecule has 0 spiro atoms. The number of benzene rings is 2. The number of anilines is 1. The monoisotopic (exact) mass is 514 g/mol. The number of halogens is 3. The Morgan fingerprint density at radius 2 is 1.84 bits per heavy atom. The lowest BCUT2D eigenvalue weighted by Crippen LogP contribution is -2.22. The number of alkyl halides is 3. The summed E-state index contributed by atoms with van der Waals surface area (Å²) < 4.78 is 51.4. The van der Waals surface area contributed by atoms with Gasteiger partial charge in [-0.3, -0.25) is 14.6 Å². The van der Waals surface area contributed by atoms with Crippen molar-refractivity contribution in [2.45, 2.75) is 20.1 Å². The molecular weight excluding hydrogens is 489 g/mol. The van der Waals surface area contributed by atoms with Crippen LogP contribution >= 0.6 is 0 Å². The molecule has 0 aliphatic carbocycles. The van der Waals surface area contributed by atoms with E-state index >= 15 is 0 Å². The third kappa shape index (κ3) is 6.25. The summed E-state index contributed by atoms with van der Waals surface area (Å²) in [5.74, 6) is 0.328. The number of carbonyl (C=O) groups is 2. The van der Waals surface area contributed by atoms with Crippen LogP contribution < -0.4 is 25.8 Å². The van der Waals surface area contributed by atoms with E-state index < -0.39 is 17.6 Å². The molecule has 0 fully saturated rings. The Morgan fingerprint density at radius 1 is 1.08 bits per heavy atom. The Balaban J connectivity index is 0.00000380. The molecule has 1 aliphatic rings. The highest BCUT2D eigenvalue weighted by atomic mass is 19.4. The van der Waals surface area contributed by atoms with E-state index in [0.717, 1.165) is 6.07 Å². The summed E-state index contributed by atoms with van der Waals surface area (Å²) in [6.07, 6.45) is -1.59. The SMILES string of the molecule is C.CNC(=O)c1cc(Oc2ccc3c(c2)C=C(C(=O)Nc2ccc(CN)c(C(F)(F)F)c2)CO3)ccn1. The topological polar surface area (TPSA) is 116 Å². The van der Waals surface area contributed by atoms with Crippen LogP contribution in [0.1, 0.15) is 34.6 Å². The molecule has 2 heterocycles. The van der Waals surface area contributed by atoms with E-state index in [4.69, 9.17) is 15.2 Å². The van der Waals surface area contributed by atoms with E-state index in [9.17, 15) is 22.8 Å². The average Bonchev–Trinajstić information content (AvgIpc) is 2.87. The van der Waals surface area contributed by atoms with Gasteiger partial charge in [0.25, 0.3) is 11.8 Å². The van der Waals surface area contributed by atoms with Gasteiger partial charge in [-0.25, -0.2) is 0 Å². The summed E-state index contributed by atoms with van der Waals surface area (Å²) in [5, 5.41) is 4.96. The highest BCUT2D eigenvalue weighted by Gasteiger charge is 2.33. The zero-order chi connectivity index (χ0) is 25.9. The van der Waals surface area contributed by atoms with Crippen molar-refractivity contribution in [3.05, 3.63) is 82.7 Å². The van der Waals surface area contributed by atoms with Gasteiger partial charge < -0.3 is 25.8 Å². The average molecular weight is 515 g/mol. The summed E-state index contributed by atoms with van der Waals surface area (Å²) in [5.41, 5.74) is 5.35. The van der Waals surface area contributed by atoms with Crippen molar-refractivity contribution in [2.24, 2.45) is 5.73 Å². The van der Waals surface area contributed by atoms with Crippen LogP contribution in [-0.2, 0) is 17.5 Å². The number of nitrogens with one attached hydrogen (secondary N) is 2. The van der Waals surface area contributed by atoms with Gasteiger partial charge in [0.1, 0.15) is 29.5 Å². The Labute approximate surface area is 211 Å². The zero-order valence-corrected chi connectivity index (χ0v) is 19.0. The van der Waals surface area contributed by atoms with Crippen LogP contribution in [-0.4, -0.2) is 30.5 Å². The van der Waals surface area contributed by atoms with Crippen LogP contribution in [0.5, 0.6) is 17.2 Å². The van der Waals surface area contributed by atoms with E-state index in [1.54, 1.807) is 30.3 Å². The van der Waals surface area contributed by atoms with Gasteiger partial charge in [-0.1, -0.05) is 13.5 Å². The third-order valence-electron chi connectivity index (χ3n) is 5.31. The molecule has 8 nitrogen and oxygen atoms in total. The van der Waals surface area contributed by atoms with Crippen molar-refractivity contribution < 1.29 is 32.2 Å². The van der Waals surface area contributed by atoms with Crippen molar-refractivity contribution in [3.8, 4) is 17.2 Å². The number of hydrogen-bond acceptors (Lipinski definition) is 6. The van der Waals surface area contributed by atoms with Crippen molar-refractivity contribution in [1.82, 2.24) is 10.3 Å². The van der Waals surface area contributed by atoms with Crippen LogP contribution in [0.3, 0.4) is 0 Å². The maximum atomic E-state index is 13.3. The smallest absolute Gasteiger partial charge is 0.416 e. The molecule has 4 N–H and O–H groups in total. The van der Waals surface area contributed by atoms with E-state index in [0.29, 0.717) is 22.8 Å². The first-order valence-electron chi connectivity index (χ1n) is 10.7. The van der Waals surface area contributed by atoms with E-state index in [2.05, 4.69) is 15.6 Å². The van der Waals surface area contributed by atoms with E-state index in [1.165, 1.54) is 31.4 Å². The molecule has 194 valence electrons. The van der Waals surface area contributed by atoms with Gasteiger partial charge in [-0.15, -0.1) is 0 Å². The lowest BCUT2D eigenvalue weighted by molar-refractivity contribution is -0.138. The third-order valence-corrected chi connectivity index (χ3v) is 5.31. The van der Waals surface area contributed by atoms with Gasteiger partial charge in [0, 0.05) is 37.1 Å². The van der Waals surface area contributed by atoms with Crippen molar-refractivity contribution in [1.29, 1.82) is 0 Å². The van der Waals surface area contributed by atoms with Crippen LogP contribution in [0.4, 0.5) is 18.9 Å². The van der Waals surface area contributed by atoms with Crippen molar-refractivity contribution >= 4 is 23.6 Å². The number of pyridine rings is 1. The summed E-state index contributed by atoms with van der Waals surface area (Å²) in [7, 11) is 1.49. The molecular formula is C26H25F3N4O4. The molecule has 3 aromatic rings. The predicted molar refractivity (Wildman–Crippen MR) is 132 cm³/mol. The maximum absolute atomic E-state index is 13.3. The molecule has 37 heavy (non-hydrogen) atoms. The molecule has 0 saturated carbocycles. The Bertz CT molecular complexity index is 1360. The number of carbonyl (C=O) groups excluding carboxylic acids is 2. The second-order valence-electron chi connectivity index (χ2n) is 7.74. The van der Waals surface area contributed by atoms with Gasteiger partial charge in [0.15, 0.2) is 0 Å². The molecule has 0 atom stereocenters. The Hall–Kier alpha value is -4.38. The number of ether oxygens (including phenoxy) is 2. The summed E-state index contributed by atoms with van der Waals surface area (Å²) in [6, 6.07) is 11.5. The summed E-state index contributed by atoms with van der Waals surface area (Å²) in [4.78, 5) is 28.5. The van der Waals surface area contributed by atoms with Crippen LogP contribution in [0.2, 0.25) is 0 Å². The standard InChI is InChI=1S/C25H21F3N4O4.CH4/c1-30-24(34)21-11-19(6-7-31-21)36-18-4-5-22-15(9-18)8-16(13-35-22)23(33)32-17-3-2-14(12-29)20(10-17)25(26,27)28;/h2-11H,12-13,29H2,1H3,(H,30,34)(H,32,33);1H4. The maximum Gasteiger partial charge on any atom is 0.416 e. The number of rotatable bonds is 6. The highest BCUT2D eigenvalue weighted by molar-refractivity contribution is 6.07. The summed E-state index contributed by atoms with van der Waals surface area (Å²) in [6.45, 7) is -0.345. The molecule has 1 aromatic heterocycles. The number of aromatic nitrogens is 1. The normalized spacial score (nSPS) is 12.3. The van der Waals surface area contributed by atoms with E-state index in [-0.39, 0.29) is 49.0 Å². The number of nitrogens with two attached hydrogens (primary N) is 1. The minimum atomic E-state index is -4.60. The number of hydrogen-bond donors (Lipinski definition) is 3. The molecule has 0 radical (unpaired) electrons. The van der Waals surface area contributed by atoms with Gasteiger partial charge >= 0.3 is 6.18 Å². The fourth-order valence-corrected chi connectivity index (χ4v) is 3.52. The summed E-state index contributed by atoms with van der Waals surface area (Å²) >= 11 is 0. The van der Waals surface area contributed by atoms with Gasteiger partial charge in [-0.2, -0.15) is 13.2 Å². The second-order valence-corrected chi connectivity index (χ2v) is 7.74. The first kappa shape index (κ1) is 27.2. The van der Waals surface area contributed by atoms with Crippen molar-refractivity contribution in [2.75, 3.05) is 19.0 Å². The van der Waals surface area contributed by atoms with Crippen molar-refractivity contribution in [3.63, 3.8) is 0 Å². The highest BCUT2D eigenvalue weighted by Crippen LogP contribution is 2.35. The molecule has 11 heteroatoms. The molecule has 4 rings (SSSR count). The van der Waals surface area contributed by atoms with Crippen LogP contribution in [0.25, 0.3) is 6.08 Å². The van der Waals surface area contributed by atoms with Crippen LogP contribution in [0, 0.1) is 0 Å². The fourth-order valence-electron chi connectivity index (χ4n) is 3.52. The largest absolute Gasteiger partial charge is 0.488 e. The quantitative estimate of drug-likeness (QED) is 0.437.